The predicted octanol–water partition coefficient (Wildman–Crippen LogP) is 2.29. The van der Waals surface area contributed by atoms with E-state index < -0.39 is 0 Å². The molecule has 0 atom stereocenters. The molecule has 2 saturated carbocycles. The first-order valence-electron chi connectivity index (χ1n) is 7.40. The van der Waals surface area contributed by atoms with Crippen LogP contribution < -0.4 is 4.74 Å². The molecule has 0 spiro atoms. The smallest absolute Gasteiger partial charge is 0.252 e. The summed E-state index contributed by atoms with van der Waals surface area (Å²) in [5, 5.41) is 12.8. The highest BCUT2D eigenvalue weighted by molar-refractivity contribution is 5.54. The fraction of sp³-hybridized carbons (Fsp3) is 0.533. The minimum absolute atomic E-state index is 0.193. The largest absolute Gasteiger partial charge is 0.493 e. The zero-order valence-electron chi connectivity index (χ0n) is 11.7. The lowest BCUT2D eigenvalue weighted by atomic mass is 10.1. The van der Waals surface area contributed by atoms with E-state index >= 15 is 0 Å². The topological polar surface area (TPSA) is 81.3 Å². The Morgan fingerprint density at radius 1 is 1.29 bits per heavy atom. The molecule has 2 heterocycles. The maximum atomic E-state index is 8.99. The average Bonchev–Trinajstić information content (AvgIpc) is 3.43. The molecule has 2 aromatic heterocycles. The molecular weight excluding hydrogens is 270 g/mol. The van der Waals surface area contributed by atoms with Gasteiger partial charge in [0.2, 0.25) is 5.82 Å². The van der Waals surface area contributed by atoms with Crippen molar-refractivity contribution in [2.75, 3.05) is 6.61 Å². The number of nitrogens with zero attached hydrogens (tertiary/aromatic N) is 3. The quantitative estimate of drug-likeness (QED) is 0.878. The lowest BCUT2D eigenvalue weighted by Gasteiger charge is -2.11. The first-order valence-corrected chi connectivity index (χ1v) is 7.40. The molecule has 2 aliphatic rings. The van der Waals surface area contributed by atoms with Crippen molar-refractivity contribution in [3.05, 3.63) is 23.7 Å². The predicted molar refractivity (Wildman–Crippen MR) is 73.6 cm³/mol. The summed E-state index contributed by atoms with van der Waals surface area (Å²) in [7, 11) is 0. The fourth-order valence-electron chi connectivity index (χ4n) is 2.31. The van der Waals surface area contributed by atoms with Gasteiger partial charge in [-0.1, -0.05) is 5.16 Å². The van der Waals surface area contributed by atoms with Crippen LogP contribution in [-0.2, 0) is 6.61 Å². The number of ether oxygens (including phenoxy) is 1. The van der Waals surface area contributed by atoms with E-state index in [-0.39, 0.29) is 12.5 Å². The third-order valence-electron chi connectivity index (χ3n) is 3.92. The Kier molecular flexibility index (Phi) is 3.11. The second-order valence-corrected chi connectivity index (χ2v) is 5.81. The number of aliphatic hydroxyl groups excluding tert-OH is 1. The summed E-state index contributed by atoms with van der Waals surface area (Å²) >= 11 is 0. The molecule has 0 aliphatic heterocycles. The fourth-order valence-corrected chi connectivity index (χ4v) is 2.31. The van der Waals surface area contributed by atoms with E-state index in [0.29, 0.717) is 23.4 Å². The molecular formula is C15H17N3O3. The monoisotopic (exact) mass is 287 g/mol. The molecule has 2 aliphatic carbocycles. The van der Waals surface area contributed by atoms with Crippen molar-refractivity contribution in [1.82, 2.24) is 15.1 Å². The molecule has 2 aromatic rings. The van der Waals surface area contributed by atoms with E-state index in [1.165, 1.54) is 31.2 Å². The highest BCUT2D eigenvalue weighted by atomic mass is 16.5. The Labute approximate surface area is 122 Å². The van der Waals surface area contributed by atoms with Crippen molar-refractivity contribution in [2.24, 2.45) is 5.92 Å². The molecule has 0 aromatic carbocycles. The number of hydrogen-bond acceptors (Lipinski definition) is 6. The SMILES string of the molecule is OCc1nc(-c2cc(OCC3CC3)c(C3CC3)cn2)no1. The zero-order valence-corrected chi connectivity index (χ0v) is 11.7. The van der Waals surface area contributed by atoms with Gasteiger partial charge in [0.15, 0.2) is 0 Å². The molecule has 6 nitrogen and oxygen atoms in total. The maximum Gasteiger partial charge on any atom is 0.252 e. The van der Waals surface area contributed by atoms with Gasteiger partial charge in [0, 0.05) is 17.8 Å². The van der Waals surface area contributed by atoms with Crippen LogP contribution >= 0.6 is 0 Å². The van der Waals surface area contributed by atoms with Gasteiger partial charge in [0.25, 0.3) is 5.89 Å². The third-order valence-corrected chi connectivity index (χ3v) is 3.92. The van der Waals surface area contributed by atoms with Gasteiger partial charge in [-0.05, 0) is 37.5 Å². The maximum absolute atomic E-state index is 8.99. The van der Waals surface area contributed by atoms with Crippen LogP contribution in [0.4, 0.5) is 0 Å². The zero-order chi connectivity index (χ0) is 14.2. The first-order chi connectivity index (χ1) is 10.3. The van der Waals surface area contributed by atoms with Gasteiger partial charge in [-0.2, -0.15) is 4.98 Å². The molecule has 2 fully saturated rings. The van der Waals surface area contributed by atoms with E-state index in [1.807, 2.05) is 12.3 Å². The van der Waals surface area contributed by atoms with Crippen LogP contribution in [0.3, 0.4) is 0 Å². The van der Waals surface area contributed by atoms with Gasteiger partial charge in [-0.25, -0.2) is 0 Å². The Hall–Kier alpha value is -1.95. The Morgan fingerprint density at radius 2 is 2.14 bits per heavy atom. The summed E-state index contributed by atoms with van der Waals surface area (Å²) in [6, 6.07) is 1.89. The second-order valence-electron chi connectivity index (χ2n) is 5.81. The molecule has 110 valence electrons. The lowest BCUT2D eigenvalue weighted by molar-refractivity contribution is 0.222. The second kappa shape index (κ2) is 5.11. The number of rotatable bonds is 6. The van der Waals surface area contributed by atoms with Crippen molar-refractivity contribution in [2.45, 2.75) is 38.2 Å². The van der Waals surface area contributed by atoms with E-state index in [0.717, 1.165) is 12.4 Å². The van der Waals surface area contributed by atoms with Crippen LogP contribution in [0, 0.1) is 5.92 Å². The molecule has 0 radical (unpaired) electrons. The third kappa shape index (κ3) is 2.76. The lowest BCUT2D eigenvalue weighted by Crippen LogP contribution is -2.02. The Balaban J connectivity index is 1.62. The van der Waals surface area contributed by atoms with Crippen LogP contribution in [0.5, 0.6) is 5.75 Å². The van der Waals surface area contributed by atoms with Crippen LogP contribution in [0.1, 0.15) is 43.1 Å². The standard InChI is InChI=1S/C15H17N3O3/c19-7-14-17-15(18-21-14)12-5-13(20-8-9-1-2-9)11(6-16-12)10-3-4-10/h5-6,9-10,19H,1-4,7-8H2. The minimum atomic E-state index is -0.266. The van der Waals surface area contributed by atoms with Crippen LogP contribution in [-0.4, -0.2) is 26.8 Å². The summed E-state index contributed by atoms with van der Waals surface area (Å²) in [6.45, 7) is 0.509. The summed E-state index contributed by atoms with van der Waals surface area (Å²) in [4.78, 5) is 8.51. The molecule has 4 rings (SSSR count). The van der Waals surface area contributed by atoms with Crippen molar-refractivity contribution in [1.29, 1.82) is 0 Å². The summed E-state index contributed by atoms with van der Waals surface area (Å²) in [6.07, 6.45) is 6.81. The van der Waals surface area contributed by atoms with Crippen molar-refractivity contribution in [3.63, 3.8) is 0 Å². The molecule has 6 heteroatoms. The molecule has 21 heavy (non-hydrogen) atoms. The average molecular weight is 287 g/mol. The van der Waals surface area contributed by atoms with E-state index in [4.69, 9.17) is 14.4 Å². The number of aromatic nitrogens is 3. The van der Waals surface area contributed by atoms with Crippen LogP contribution in [0.25, 0.3) is 11.5 Å². The molecule has 0 saturated heterocycles. The van der Waals surface area contributed by atoms with Crippen molar-refractivity contribution < 1.29 is 14.4 Å². The Morgan fingerprint density at radius 3 is 2.81 bits per heavy atom. The van der Waals surface area contributed by atoms with E-state index in [1.54, 1.807) is 0 Å². The van der Waals surface area contributed by atoms with Crippen molar-refractivity contribution >= 4 is 0 Å². The summed E-state index contributed by atoms with van der Waals surface area (Å²) in [5.74, 6) is 2.76. The van der Waals surface area contributed by atoms with Gasteiger partial charge in [-0.15, -0.1) is 0 Å². The van der Waals surface area contributed by atoms with Gasteiger partial charge >= 0.3 is 0 Å². The molecule has 0 unspecified atom stereocenters. The van der Waals surface area contributed by atoms with E-state index in [9.17, 15) is 0 Å². The number of aliphatic hydroxyl groups is 1. The number of hydrogen-bond donors (Lipinski definition) is 1. The molecule has 1 N–H and O–H groups in total. The van der Waals surface area contributed by atoms with Gasteiger partial charge in [0.05, 0.1) is 6.61 Å². The normalized spacial score (nSPS) is 18.0. The van der Waals surface area contributed by atoms with Gasteiger partial charge < -0.3 is 14.4 Å². The van der Waals surface area contributed by atoms with Gasteiger partial charge in [0.1, 0.15) is 18.1 Å². The van der Waals surface area contributed by atoms with Crippen LogP contribution in [0.15, 0.2) is 16.8 Å². The van der Waals surface area contributed by atoms with Crippen molar-refractivity contribution in [3.8, 4) is 17.3 Å². The van der Waals surface area contributed by atoms with Crippen LogP contribution in [0.2, 0.25) is 0 Å². The first kappa shape index (κ1) is 12.8. The highest BCUT2D eigenvalue weighted by Gasteiger charge is 2.29. The van der Waals surface area contributed by atoms with Gasteiger partial charge in [-0.3, -0.25) is 4.98 Å². The number of pyridine rings is 1. The summed E-state index contributed by atoms with van der Waals surface area (Å²) < 4.78 is 10.9. The van der Waals surface area contributed by atoms with E-state index in [2.05, 4.69) is 15.1 Å². The highest BCUT2D eigenvalue weighted by Crippen LogP contribution is 2.45. The minimum Gasteiger partial charge on any atom is -0.493 e. The summed E-state index contributed by atoms with van der Waals surface area (Å²) in [5.41, 5.74) is 1.80. The molecule has 0 amide bonds. The molecule has 0 bridgehead atoms. The Bertz CT molecular complexity index is 647.